The second-order valence-electron chi connectivity index (χ2n) is 6.81. The number of carbonyl (C=O) groups is 1. The van der Waals surface area contributed by atoms with E-state index < -0.39 is 5.91 Å². The van der Waals surface area contributed by atoms with Crippen molar-refractivity contribution < 1.29 is 4.79 Å². The van der Waals surface area contributed by atoms with Gasteiger partial charge in [0.05, 0.1) is 11.9 Å². The Morgan fingerprint density at radius 1 is 1.22 bits per heavy atom. The van der Waals surface area contributed by atoms with Gasteiger partial charge in [-0.05, 0) is 44.0 Å². The summed E-state index contributed by atoms with van der Waals surface area (Å²) >= 11 is 0. The van der Waals surface area contributed by atoms with E-state index in [0.29, 0.717) is 11.3 Å². The standard InChI is InChI=1S/C20H18N6O/c1-12-4-2-5-14(23-12)19-18(15-6-3-9-26(15)24-19)13-7-8-17-22-10-16(20(21)27)25(17)11-13/h2,4-5,7-8,10-11H,3,6,9H2,1H3,(H2,21,27). The maximum atomic E-state index is 11.7. The van der Waals surface area contributed by atoms with E-state index in [0.717, 1.165) is 47.6 Å². The second-order valence-corrected chi connectivity index (χ2v) is 6.81. The molecule has 1 aliphatic heterocycles. The fourth-order valence-electron chi connectivity index (χ4n) is 3.80. The predicted molar refractivity (Wildman–Crippen MR) is 101 cm³/mol. The van der Waals surface area contributed by atoms with Crippen LogP contribution >= 0.6 is 0 Å². The summed E-state index contributed by atoms with van der Waals surface area (Å²) in [7, 11) is 0. The summed E-state index contributed by atoms with van der Waals surface area (Å²) in [4.78, 5) is 20.6. The highest BCUT2D eigenvalue weighted by Crippen LogP contribution is 2.37. The minimum absolute atomic E-state index is 0.367. The van der Waals surface area contributed by atoms with Gasteiger partial charge < -0.3 is 5.73 Å². The molecule has 1 aliphatic rings. The van der Waals surface area contributed by atoms with E-state index in [-0.39, 0.29) is 0 Å². The molecule has 0 saturated heterocycles. The van der Waals surface area contributed by atoms with Crippen LogP contribution in [-0.4, -0.2) is 30.1 Å². The van der Waals surface area contributed by atoms with Crippen LogP contribution in [0.1, 0.15) is 28.3 Å². The molecule has 7 nitrogen and oxygen atoms in total. The van der Waals surface area contributed by atoms with E-state index in [9.17, 15) is 4.79 Å². The molecule has 7 heteroatoms. The molecular formula is C20H18N6O. The third-order valence-corrected chi connectivity index (χ3v) is 5.02. The van der Waals surface area contributed by atoms with Gasteiger partial charge in [-0.15, -0.1) is 0 Å². The average molecular weight is 358 g/mol. The van der Waals surface area contributed by atoms with Gasteiger partial charge in [-0.1, -0.05) is 6.07 Å². The zero-order valence-electron chi connectivity index (χ0n) is 14.9. The van der Waals surface area contributed by atoms with Crippen molar-refractivity contribution in [3.63, 3.8) is 0 Å². The highest BCUT2D eigenvalue weighted by molar-refractivity contribution is 5.92. The summed E-state index contributed by atoms with van der Waals surface area (Å²) in [5.41, 5.74) is 12.5. The van der Waals surface area contributed by atoms with Crippen LogP contribution in [0.4, 0.5) is 0 Å². The Hall–Kier alpha value is -3.48. The number of rotatable bonds is 3. The van der Waals surface area contributed by atoms with Gasteiger partial charge >= 0.3 is 0 Å². The maximum absolute atomic E-state index is 11.7. The van der Waals surface area contributed by atoms with Crippen LogP contribution in [0.5, 0.6) is 0 Å². The molecule has 4 aromatic rings. The number of nitrogens with two attached hydrogens (primary N) is 1. The molecule has 5 rings (SSSR count). The Bertz CT molecular complexity index is 1200. The van der Waals surface area contributed by atoms with E-state index in [1.54, 1.807) is 4.40 Å². The first-order valence-corrected chi connectivity index (χ1v) is 8.93. The van der Waals surface area contributed by atoms with Gasteiger partial charge in [-0.2, -0.15) is 5.10 Å². The van der Waals surface area contributed by atoms with Gasteiger partial charge in [-0.3, -0.25) is 18.9 Å². The van der Waals surface area contributed by atoms with Crippen molar-refractivity contribution in [1.29, 1.82) is 0 Å². The first-order valence-electron chi connectivity index (χ1n) is 8.93. The number of pyridine rings is 2. The van der Waals surface area contributed by atoms with Gasteiger partial charge in [0.1, 0.15) is 17.0 Å². The summed E-state index contributed by atoms with van der Waals surface area (Å²) in [6.07, 6.45) is 5.47. The van der Waals surface area contributed by atoms with Crippen molar-refractivity contribution in [2.24, 2.45) is 5.73 Å². The molecule has 0 bridgehead atoms. The van der Waals surface area contributed by atoms with Crippen molar-refractivity contribution >= 4 is 11.6 Å². The minimum Gasteiger partial charge on any atom is -0.364 e. The quantitative estimate of drug-likeness (QED) is 0.609. The van der Waals surface area contributed by atoms with Crippen molar-refractivity contribution in [3.8, 4) is 22.5 Å². The van der Waals surface area contributed by atoms with Gasteiger partial charge in [0.25, 0.3) is 5.91 Å². The molecule has 0 saturated carbocycles. The molecule has 134 valence electrons. The Morgan fingerprint density at radius 3 is 2.93 bits per heavy atom. The molecule has 0 atom stereocenters. The Labute approximate surface area is 155 Å². The van der Waals surface area contributed by atoms with Gasteiger partial charge in [0.2, 0.25) is 0 Å². The molecular weight excluding hydrogens is 340 g/mol. The Balaban J connectivity index is 1.76. The maximum Gasteiger partial charge on any atom is 0.267 e. The number of imidazole rings is 1. The molecule has 0 aromatic carbocycles. The van der Waals surface area contributed by atoms with E-state index in [4.69, 9.17) is 10.8 Å². The highest BCUT2D eigenvalue weighted by Gasteiger charge is 2.25. The first-order chi connectivity index (χ1) is 13.1. The first kappa shape index (κ1) is 15.7. The van der Waals surface area contributed by atoms with Crippen molar-refractivity contribution in [2.75, 3.05) is 0 Å². The largest absolute Gasteiger partial charge is 0.364 e. The lowest BCUT2D eigenvalue weighted by Crippen LogP contribution is -2.13. The lowest BCUT2D eigenvalue weighted by atomic mass is 10.0. The molecule has 5 heterocycles. The van der Waals surface area contributed by atoms with E-state index in [2.05, 4.69) is 14.6 Å². The average Bonchev–Trinajstić information content (AvgIpc) is 3.34. The number of carbonyl (C=O) groups excluding carboxylic acids is 1. The fraction of sp³-hybridized carbons (Fsp3) is 0.200. The lowest BCUT2D eigenvalue weighted by Gasteiger charge is -2.07. The van der Waals surface area contributed by atoms with E-state index in [1.165, 1.54) is 11.9 Å². The van der Waals surface area contributed by atoms with Crippen molar-refractivity contribution in [3.05, 3.63) is 59.8 Å². The number of amides is 1. The minimum atomic E-state index is -0.500. The zero-order chi connectivity index (χ0) is 18.5. The van der Waals surface area contributed by atoms with Crippen LogP contribution in [0.25, 0.3) is 28.2 Å². The molecule has 2 N–H and O–H groups in total. The normalized spacial score (nSPS) is 13.2. The van der Waals surface area contributed by atoms with Gasteiger partial charge in [-0.25, -0.2) is 4.98 Å². The van der Waals surface area contributed by atoms with Crippen LogP contribution in [-0.2, 0) is 13.0 Å². The number of nitrogens with zero attached hydrogens (tertiary/aromatic N) is 5. The van der Waals surface area contributed by atoms with Crippen LogP contribution < -0.4 is 5.73 Å². The molecule has 27 heavy (non-hydrogen) atoms. The molecule has 0 fully saturated rings. The SMILES string of the molecule is Cc1cccc(-c2nn3c(c2-c2ccc4ncc(C(N)=O)n4c2)CCC3)n1. The second kappa shape index (κ2) is 5.77. The summed E-state index contributed by atoms with van der Waals surface area (Å²) < 4.78 is 3.81. The fourth-order valence-corrected chi connectivity index (χ4v) is 3.80. The third kappa shape index (κ3) is 2.43. The molecule has 0 radical (unpaired) electrons. The Morgan fingerprint density at radius 2 is 2.11 bits per heavy atom. The topological polar surface area (TPSA) is 91.1 Å². The van der Waals surface area contributed by atoms with Crippen LogP contribution in [0.3, 0.4) is 0 Å². The number of hydrogen-bond acceptors (Lipinski definition) is 4. The smallest absolute Gasteiger partial charge is 0.267 e. The van der Waals surface area contributed by atoms with Crippen LogP contribution in [0.2, 0.25) is 0 Å². The number of aromatic nitrogens is 5. The highest BCUT2D eigenvalue weighted by atomic mass is 16.1. The summed E-state index contributed by atoms with van der Waals surface area (Å²) in [5, 5.41) is 4.84. The van der Waals surface area contributed by atoms with Gasteiger partial charge in [0.15, 0.2) is 0 Å². The zero-order valence-corrected chi connectivity index (χ0v) is 14.9. The predicted octanol–water partition coefficient (Wildman–Crippen LogP) is 2.61. The summed E-state index contributed by atoms with van der Waals surface area (Å²) in [5.74, 6) is -0.500. The number of primary amides is 1. The van der Waals surface area contributed by atoms with Crippen molar-refractivity contribution in [1.82, 2.24) is 24.1 Å². The molecule has 0 unspecified atom stereocenters. The molecule has 0 aliphatic carbocycles. The van der Waals surface area contributed by atoms with E-state index in [1.807, 2.05) is 43.5 Å². The number of aryl methyl sites for hydroxylation is 2. The molecule has 4 aromatic heterocycles. The van der Waals surface area contributed by atoms with Crippen LogP contribution in [0.15, 0.2) is 42.7 Å². The van der Waals surface area contributed by atoms with E-state index >= 15 is 0 Å². The third-order valence-electron chi connectivity index (χ3n) is 5.02. The molecule has 0 spiro atoms. The van der Waals surface area contributed by atoms with Crippen LogP contribution in [0, 0.1) is 6.92 Å². The molecule has 1 amide bonds. The van der Waals surface area contributed by atoms with Crippen molar-refractivity contribution in [2.45, 2.75) is 26.3 Å². The number of fused-ring (bicyclic) bond motifs is 2. The monoisotopic (exact) mass is 358 g/mol. The number of hydrogen-bond donors (Lipinski definition) is 1. The summed E-state index contributed by atoms with van der Waals surface area (Å²) in [6.45, 7) is 2.89. The lowest BCUT2D eigenvalue weighted by molar-refractivity contribution is 0.0995. The van der Waals surface area contributed by atoms with Gasteiger partial charge in [0, 0.05) is 35.3 Å². The summed E-state index contributed by atoms with van der Waals surface area (Å²) in [6, 6.07) is 9.87. The Kier molecular flexibility index (Phi) is 3.36.